The van der Waals surface area contributed by atoms with Crippen LogP contribution in [0, 0.1) is 10.5 Å². The SMILES string of the molecule is C=CCON=CCC(C)(C)NC(=S)C(C)Oc1cc(C)c2ncc(I)cc2c1. The number of hydrogen-bond donors (Lipinski definition) is 1. The molecule has 0 saturated carbocycles. The number of ether oxygens (including phenoxy) is 1. The number of benzene rings is 1. The number of nitrogens with one attached hydrogen (secondary N) is 1. The lowest BCUT2D eigenvalue weighted by Crippen LogP contribution is -2.47. The number of hydrogen-bond acceptors (Lipinski definition) is 5. The third kappa shape index (κ3) is 6.70. The first-order chi connectivity index (χ1) is 13.2. The normalized spacial score (nSPS) is 12.8. The van der Waals surface area contributed by atoms with E-state index in [2.05, 4.69) is 64.5 Å². The molecule has 1 heterocycles. The average molecular weight is 511 g/mol. The molecule has 0 aliphatic carbocycles. The molecule has 2 aromatic rings. The molecule has 1 atom stereocenters. The van der Waals surface area contributed by atoms with Crippen molar-refractivity contribution in [2.45, 2.75) is 45.8 Å². The molecule has 0 fully saturated rings. The number of pyridine rings is 1. The summed E-state index contributed by atoms with van der Waals surface area (Å²) in [7, 11) is 0. The molecule has 5 nitrogen and oxygen atoms in total. The standard InChI is InChI=1S/C21H26IN3O2S/c1-6-9-26-24-8-7-21(4,5)25-20(28)15(3)27-18-10-14(2)19-16(12-18)11-17(22)13-23-19/h6,8,10-13,15H,1,7,9H2,2-5H3,(H,25,28). The van der Waals surface area contributed by atoms with E-state index in [4.69, 9.17) is 21.8 Å². The van der Waals surface area contributed by atoms with Gasteiger partial charge < -0.3 is 14.9 Å². The summed E-state index contributed by atoms with van der Waals surface area (Å²) in [5, 5.41) is 8.31. The van der Waals surface area contributed by atoms with Crippen LogP contribution < -0.4 is 10.1 Å². The van der Waals surface area contributed by atoms with Gasteiger partial charge in [-0.15, -0.1) is 0 Å². The van der Waals surface area contributed by atoms with Gasteiger partial charge in [0.25, 0.3) is 0 Å². The maximum Gasteiger partial charge on any atom is 0.146 e. The topological polar surface area (TPSA) is 55.7 Å². The highest BCUT2D eigenvalue weighted by molar-refractivity contribution is 14.1. The number of halogens is 1. The van der Waals surface area contributed by atoms with E-state index in [0.717, 1.165) is 25.8 Å². The number of fused-ring (bicyclic) bond motifs is 1. The molecule has 0 spiro atoms. The largest absolute Gasteiger partial charge is 0.484 e. The minimum Gasteiger partial charge on any atom is -0.484 e. The third-order valence-corrected chi connectivity index (χ3v) is 5.02. The molecule has 1 N–H and O–H groups in total. The number of thiocarbonyl (C=S) groups is 1. The predicted molar refractivity (Wildman–Crippen MR) is 128 cm³/mol. The van der Waals surface area contributed by atoms with Crippen molar-refractivity contribution in [1.29, 1.82) is 0 Å². The summed E-state index contributed by atoms with van der Waals surface area (Å²) in [6, 6.07) is 6.10. The average Bonchev–Trinajstić information content (AvgIpc) is 2.60. The van der Waals surface area contributed by atoms with Crippen LogP contribution in [-0.2, 0) is 4.84 Å². The first-order valence-corrected chi connectivity index (χ1v) is 10.5. The van der Waals surface area contributed by atoms with E-state index in [0.29, 0.717) is 18.0 Å². The summed E-state index contributed by atoms with van der Waals surface area (Å²) >= 11 is 7.82. The van der Waals surface area contributed by atoms with Gasteiger partial charge in [-0.05, 0) is 74.0 Å². The Kier molecular flexibility index (Phi) is 8.18. The second-order valence-corrected chi connectivity index (χ2v) is 8.86. The van der Waals surface area contributed by atoms with Crippen LogP contribution in [-0.4, -0.2) is 34.4 Å². The zero-order chi connectivity index (χ0) is 20.7. The molecule has 0 saturated heterocycles. The Hall–Kier alpha value is -1.74. The van der Waals surface area contributed by atoms with Gasteiger partial charge in [0.05, 0.1) is 5.52 Å². The lowest BCUT2D eigenvalue weighted by molar-refractivity contribution is 0.175. The van der Waals surface area contributed by atoms with Gasteiger partial charge in [0, 0.05) is 33.3 Å². The highest BCUT2D eigenvalue weighted by Crippen LogP contribution is 2.25. The van der Waals surface area contributed by atoms with Crippen molar-refractivity contribution in [2.75, 3.05) is 6.61 Å². The molecule has 28 heavy (non-hydrogen) atoms. The van der Waals surface area contributed by atoms with E-state index in [1.807, 2.05) is 32.2 Å². The molecular weight excluding hydrogens is 485 g/mol. The summed E-state index contributed by atoms with van der Waals surface area (Å²) in [6.07, 6.45) is 5.64. The Morgan fingerprint density at radius 2 is 2.18 bits per heavy atom. The number of aromatic nitrogens is 1. The molecule has 0 aliphatic heterocycles. The smallest absolute Gasteiger partial charge is 0.146 e. The summed E-state index contributed by atoms with van der Waals surface area (Å²) in [5.74, 6) is 0.780. The van der Waals surface area contributed by atoms with Crippen LogP contribution in [0.2, 0.25) is 0 Å². The van der Waals surface area contributed by atoms with Crippen molar-refractivity contribution >= 4 is 56.9 Å². The van der Waals surface area contributed by atoms with Crippen molar-refractivity contribution in [3.63, 3.8) is 0 Å². The highest BCUT2D eigenvalue weighted by Gasteiger charge is 2.21. The molecule has 1 aromatic heterocycles. The summed E-state index contributed by atoms with van der Waals surface area (Å²) in [6.45, 7) is 12.1. The third-order valence-electron chi connectivity index (χ3n) is 4.00. The Balaban J connectivity index is 2.00. The summed E-state index contributed by atoms with van der Waals surface area (Å²) in [4.78, 5) is 10.2. The monoisotopic (exact) mass is 511 g/mol. The van der Waals surface area contributed by atoms with Crippen LogP contribution >= 0.6 is 34.8 Å². The Morgan fingerprint density at radius 3 is 2.89 bits per heavy atom. The van der Waals surface area contributed by atoms with Crippen LogP contribution in [0.15, 0.2) is 42.2 Å². The van der Waals surface area contributed by atoms with Gasteiger partial charge in [0.15, 0.2) is 0 Å². The molecular formula is C21H26IN3O2S. The van der Waals surface area contributed by atoms with Gasteiger partial charge in [-0.3, -0.25) is 4.98 Å². The molecule has 1 aromatic carbocycles. The molecule has 7 heteroatoms. The quantitative estimate of drug-likeness (QED) is 0.125. The zero-order valence-electron chi connectivity index (χ0n) is 16.7. The van der Waals surface area contributed by atoms with Gasteiger partial charge in [-0.2, -0.15) is 0 Å². The zero-order valence-corrected chi connectivity index (χ0v) is 19.6. The van der Waals surface area contributed by atoms with Crippen molar-refractivity contribution < 1.29 is 9.57 Å². The number of oxime groups is 1. The lowest BCUT2D eigenvalue weighted by Gasteiger charge is -2.28. The Labute approximate surface area is 185 Å². The lowest BCUT2D eigenvalue weighted by atomic mass is 10.0. The van der Waals surface area contributed by atoms with E-state index in [9.17, 15) is 0 Å². The van der Waals surface area contributed by atoms with Crippen LogP contribution in [0.5, 0.6) is 5.75 Å². The highest BCUT2D eigenvalue weighted by atomic mass is 127. The van der Waals surface area contributed by atoms with Gasteiger partial charge >= 0.3 is 0 Å². The first-order valence-electron chi connectivity index (χ1n) is 9.01. The fourth-order valence-electron chi connectivity index (χ4n) is 2.60. The fraction of sp³-hybridized carbons (Fsp3) is 0.381. The van der Waals surface area contributed by atoms with Crippen LogP contribution in [0.4, 0.5) is 0 Å². The Bertz CT molecular complexity index is 883. The van der Waals surface area contributed by atoms with Crippen LogP contribution in [0.3, 0.4) is 0 Å². The first kappa shape index (κ1) is 22.5. The van der Waals surface area contributed by atoms with E-state index in [-0.39, 0.29) is 11.6 Å². The van der Waals surface area contributed by atoms with Crippen molar-refractivity contribution in [2.24, 2.45) is 5.16 Å². The predicted octanol–water partition coefficient (Wildman–Crippen LogP) is 5.19. The van der Waals surface area contributed by atoms with E-state index in [1.54, 1.807) is 12.3 Å². The molecule has 0 amide bonds. The van der Waals surface area contributed by atoms with Crippen molar-refractivity contribution in [3.05, 3.63) is 46.2 Å². The maximum absolute atomic E-state index is 6.11. The number of nitrogens with zero attached hydrogens (tertiary/aromatic N) is 2. The second-order valence-electron chi connectivity index (χ2n) is 7.18. The number of aryl methyl sites for hydroxylation is 1. The molecule has 2 rings (SSSR count). The van der Waals surface area contributed by atoms with E-state index >= 15 is 0 Å². The van der Waals surface area contributed by atoms with Gasteiger partial charge in [-0.1, -0.05) is 30.0 Å². The summed E-state index contributed by atoms with van der Waals surface area (Å²) < 4.78 is 7.20. The van der Waals surface area contributed by atoms with Crippen LogP contribution in [0.1, 0.15) is 32.8 Å². The van der Waals surface area contributed by atoms with Gasteiger partial charge in [0.1, 0.15) is 23.4 Å². The second kappa shape index (κ2) is 10.2. The van der Waals surface area contributed by atoms with E-state index in [1.165, 1.54) is 0 Å². The molecule has 0 radical (unpaired) electrons. The molecule has 1 unspecified atom stereocenters. The van der Waals surface area contributed by atoms with Crippen molar-refractivity contribution in [1.82, 2.24) is 10.3 Å². The van der Waals surface area contributed by atoms with Gasteiger partial charge in [0.2, 0.25) is 0 Å². The minimum atomic E-state index is -0.269. The van der Waals surface area contributed by atoms with Gasteiger partial charge in [-0.25, -0.2) is 0 Å². The molecule has 0 aliphatic rings. The van der Waals surface area contributed by atoms with Crippen molar-refractivity contribution in [3.8, 4) is 5.75 Å². The maximum atomic E-state index is 6.11. The van der Waals surface area contributed by atoms with Crippen LogP contribution in [0.25, 0.3) is 10.9 Å². The minimum absolute atomic E-state index is 0.268. The fourth-order valence-corrected chi connectivity index (χ4v) is 3.40. The molecule has 0 bridgehead atoms. The number of rotatable bonds is 9. The summed E-state index contributed by atoms with van der Waals surface area (Å²) in [5.41, 5.74) is 1.79. The Morgan fingerprint density at radius 1 is 1.43 bits per heavy atom. The molecule has 150 valence electrons. The van der Waals surface area contributed by atoms with E-state index < -0.39 is 0 Å².